The Kier molecular flexibility index (Phi) is 11.4. The van der Waals surface area contributed by atoms with Crippen molar-refractivity contribution in [1.82, 2.24) is 5.32 Å². The van der Waals surface area contributed by atoms with E-state index < -0.39 is 55.3 Å². The summed E-state index contributed by atoms with van der Waals surface area (Å²) < 4.78 is 23.5. The minimum atomic E-state index is -1.81. The van der Waals surface area contributed by atoms with E-state index in [1.807, 2.05) is 38.1 Å². The number of aromatic hydroxyl groups is 1. The van der Waals surface area contributed by atoms with Gasteiger partial charge in [0.05, 0.1) is 10.9 Å². The van der Waals surface area contributed by atoms with Gasteiger partial charge in [-0.05, 0) is 61.9 Å². The standard InChI is InChI=1S/C41H39N3O13/c1-21-14-22(2)16-25(15-21)34-32-24(10-12-43-32)18-44(34)57-38-37(49)36(48)31(20-54-40(52)33(39(50)51)42-11-3-13-45)56-41(38)55-27-8-9-28-30(17-27)53-19-29(35(28)47)23-4-6-26(46)7-5-23/h4-10,12-17,19,31,33,36-38,41-42,46,48-49H,3,11,18,20H2,1-2H3,(H,50,51)/p+1/t31-,33+,36-,37+,38-,41-/m0/s1. The molecule has 296 valence electrons. The van der Waals surface area contributed by atoms with Gasteiger partial charge in [-0.15, -0.1) is 0 Å². The Morgan fingerprint density at radius 2 is 1.79 bits per heavy atom. The van der Waals surface area contributed by atoms with Crippen LogP contribution in [0.5, 0.6) is 11.5 Å². The Hall–Kier alpha value is -6.01. The van der Waals surface area contributed by atoms with E-state index in [4.69, 9.17) is 23.5 Å². The number of aldehydes is 1. The van der Waals surface area contributed by atoms with Crippen LogP contribution in [0.1, 0.15) is 23.1 Å². The van der Waals surface area contributed by atoms with Gasteiger partial charge in [-0.2, -0.15) is 9.90 Å². The lowest BCUT2D eigenvalue weighted by Crippen LogP contribution is -3.08. The molecule has 3 aromatic carbocycles. The van der Waals surface area contributed by atoms with Crippen molar-refractivity contribution in [2.45, 2.75) is 57.0 Å². The van der Waals surface area contributed by atoms with Crippen molar-refractivity contribution in [3.63, 3.8) is 0 Å². The summed E-state index contributed by atoms with van der Waals surface area (Å²) in [4.78, 5) is 59.8. The van der Waals surface area contributed by atoms with Gasteiger partial charge in [-0.1, -0.05) is 29.3 Å². The number of quaternary nitrogens is 1. The molecule has 3 aliphatic heterocycles. The highest BCUT2D eigenvalue weighted by molar-refractivity contribution is 5.98. The third kappa shape index (κ3) is 8.27. The molecule has 0 bridgehead atoms. The second-order valence-electron chi connectivity index (χ2n) is 13.9. The number of benzene rings is 3. The molecule has 1 saturated heterocycles. The van der Waals surface area contributed by atoms with Gasteiger partial charge >= 0.3 is 11.9 Å². The lowest BCUT2D eigenvalue weighted by atomic mass is 9.99. The summed E-state index contributed by atoms with van der Waals surface area (Å²) in [6.07, 6.45) is -2.34. The van der Waals surface area contributed by atoms with Gasteiger partial charge in [-0.25, -0.2) is 14.6 Å². The Morgan fingerprint density at radius 3 is 2.51 bits per heavy atom. The zero-order chi connectivity index (χ0) is 40.4. The van der Waals surface area contributed by atoms with E-state index in [1.54, 1.807) is 18.3 Å². The number of aryl methyl sites for hydroxylation is 2. The molecule has 4 heterocycles. The number of esters is 1. The first kappa shape index (κ1) is 39.2. The maximum absolute atomic E-state index is 13.5. The Morgan fingerprint density at radius 1 is 1.04 bits per heavy atom. The van der Waals surface area contributed by atoms with Crippen LogP contribution in [-0.2, 0) is 28.7 Å². The molecule has 0 amide bonds. The molecule has 0 spiro atoms. The number of phenolic OH excluding ortho intramolecular Hbond substituents is 1. The average Bonchev–Trinajstić information content (AvgIpc) is 3.77. The van der Waals surface area contributed by atoms with Crippen LogP contribution in [-0.4, -0.2) is 101 Å². The number of allylic oxidation sites excluding steroid dienone is 1. The number of nitrogens with one attached hydrogen (secondary N) is 2. The van der Waals surface area contributed by atoms with E-state index in [0.717, 1.165) is 22.3 Å². The molecule has 16 nitrogen and oxygen atoms in total. The molecular weight excluding hydrogens is 742 g/mol. The van der Waals surface area contributed by atoms with Gasteiger partial charge in [0.2, 0.25) is 18.4 Å². The number of aliphatic hydroxyl groups excluding tert-OH is 2. The fraction of sp³-hybridized carbons (Fsp3) is 0.293. The first-order valence-electron chi connectivity index (χ1n) is 18.1. The summed E-state index contributed by atoms with van der Waals surface area (Å²) in [6.45, 7) is 3.46. The number of fused-ring (bicyclic) bond motifs is 2. The maximum Gasteiger partial charge on any atom is 0.334 e. The summed E-state index contributed by atoms with van der Waals surface area (Å²) >= 11 is 0. The lowest BCUT2D eigenvalue weighted by molar-refractivity contribution is -1.04. The summed E-state index contributed by atoms with van der Waals surface area (Å²) in [5.41, 5.74) is 5.76. The molecule has 57 heavy (non-hydrogen) atoms. The van der Waals surface area contributed by atoms with Crippen LogP contribution < -0.4 is 20.5 Å². The van der Waals surface area contributed by atoms with Crippen molar-refractivity contribution >= 4 is 41.1 Å². The van der Waals surface area contributed by atoms with Crippen molar-refractivity contribution in [3.8, 4) is 22.6 Å². The molecule has 7 rings (SSSR count). The predicted molar refractivity (Wildman–Crippen MR) is 202 cm³/mol. The van der Waals surface area contributed by atoms with Crippen molar-refractivity contribution in [3.05, 3.63) is 111 Å². The zero-order valence-electron chi connectivity index (χ0n) is 30.8. The Bertz CT molecular complexity index is 2330. The smallest absolute Gasteiger partial charge is 0.334 e. The fourth-order valence-electron chi connectivity index (χ4n) is 7.03. The highest BCUT2D eigenvalue weighted by atomic mass is 16.8. The number of carboxylic acids is 1. The van der Waals surface area contributed by atoms with Gasteiger partial charge in [0.1, 0.15) is 66.8 Å². The molecule has 0 saturated carbocycles. The third-order valence-corrected chi connectivity index (χ3v) is 9.74. The number of hydrogen-bond acceptors (Lipinski definition) is 14. The van der Waals surface area contributed by atoms with Crippen LogP contribution in [0.4, 0.5) is 0 Å². The predicted octanol–water partition coefficient (Wildman–Crippen LogP) is 1.36. The molecule has 4 aromatic rings. The lowest BCUT2D eigenvalue weighted by Gasteiger charge is -2.41. The van der Waals surface area contributed by atoms with Crippen molar-refractivity contribution in [1.29, 1.82) is 0 Å². The molecule has 16 heteroatoms. The number of aliphatic carboxylic acids is 1. The third-order valence-electron chi connectivity index (χ3n) is 9.74. The fourth-order valence-corrected chi connectivity index (χ4v) is 7.03. The number of carboxylic acid groups (broad SMARTS) is 1. The first-order chi connectivity index (χ1) is 27.4. The maximum atomic E-state index is 13.5. The molecule has 6 N–H and O–H groups in total. The number of nitrogens with zero attached hydrogens (tertiary/aromatic N) is 1. The van der Waals surface area contributed by atoms with Crippen LogP contribution in [0.25, 0.3) is 27.8 Å². The molecular formula is C41H40N3O13+. The van der Waals surface area contributed by atoms with E-state index in [2.05, 4.69) is 10.3 Å². The number of carbonyl (C=O) groups excluding carboxylic acids is 2. The van der Waals surface area contributed by atoms with Crippen molar-refractivity contribution < 1.29 is 63.3 Å². The monoisotopic (exact) mass is 782 g/mol. The van der Waals surface area contributed by atoms with Crippen LogP contribution in [0.15, 0.2) is 98.5 Å². The van der Waals surface area contributed by atoms with E-state index in [0.29, 0.717) is 34.9 Å². The van der Waals surface area contributed by atoms with Gasteiger partial charge < -0.3 is 43.8 Å². The molecule has 1 unspecified atom stereocenters. The summed E-state index contributed by atoms with van der Waals surface area (Å²) in [5, 5.41) is 45.3. The SMILES string of the molecule is Cc1cc(C)cc(C2=C3N=CC=C3C[NH+]2O[C@@H]2[C@@H](Oc3ccc4c(=O)c(-c5ccc(O)cc5)coc4c3)O[C@@H](COC(=O)[C@H](NCCC=O)C(=O)O)[C@H](O)[C@H]2O)c1. The van der Waals surface area contributed by atoms with Gasteiger partial charge in [0, 0.05) is 36.4 Å². The Balaban J connectivity index is 1.18. The van der Waals surface area contributed by atoms with Crippen molar-refractivity contribution in [2.24, 2.45) is 4.99 Å². The highest BCUT2D eigenvalue weighted by Gasteiger charge is 2.51. The topological polar surface area (TPSA) is 228 Å². The normalized spacial score (nSPS) is 23.3. The van der Waals surface area contributed by atoms with Gasteiger partial charge in [0.15, 0.2) is 11.1 Å². The van der Waals surface area contributed by atoms with Gasteiger partial charge in [0.25, 0.3) is 0 Å². The van der Waals surface area contributed by atoms with E-state index in [9.17, 15) is 39.6 Å². The summed E-state index contributed by atoms with van der Waals surface area (Å²) in [7, 11) is 0. The van der Waals surface area contributed by atoms with E-state index in [1.165, 1.54) is 36.6 Å². The van der Waals surface area contributed by atoms with E-state index >= 15 is 0 Å². The minimum absolute atomic E-state index is 0.0430. The minimum Gasteiger partial charge on any atom is -0.508 e. The number of carbonyl (C=O) groups is 3. The number of hydroxylamine groups is 2. The van der Waals surface area contributed by atoms with Crippen molar-refractivity contribution in [2.75, 3.05) is 19.7 Å². The largest absolute Gasteiger partial charge is 0.508 e. The Labute approximate surface area is 324 Å². The zero-order valence-corrected chi connectivity index (χ0v) is 30.8. The molecule has 1 aromatic heterocycles. The first-order valence-corrected chi connectivity index (χ1v) is 18.1. The van der Waals surface area contributed by atoms with Crippen LogP contribution in [0, 0.1) is 13.8 Å². The number of phenols is 1. The average molecular weight is 783 g/mol. The molecule has 0 radical (unpaired) electrons. The number of hydrogen-bond donors (Lipinski definition) is 6. The van der Waals surface area contributed by atoms with Crippen LogP contribution in [0.3, 0.4) is 0 Å². The molecule has 3 aliphatic rings. The van der Waals surface area contributed by atoms with Gasteiger partial charge in [-0.3, -0.25) is 10.1 Å². The number of ether oxygens (including phenoxy) is 3. The second kappa shape index (κ2) is 16.6. The summed E-state index contributed by atoms with van der Waals surface area (Å²) in [6, 6.07) is 14.7. The van der Waals surface area contributed by atoms with Crippen LogP contribution in [0.2, 0.25) is 0 Å². The number of aliphatic imine (C=N–C) groups is 1. The number of rotatable bonds is 14. The molecule has 1 fully saturated rings. The van der Waals surface area contributed by atoms with Crippen LogP contribution >= 0.6 is 0 Å². The van der Waals surface area contributed by atoms with E-state index in [-0.39, 0.29) is 46.4 Å². The number of aliphatic hydroxyl groups is 2. The molecule has 7 atom stereocenters. The highest BCUT2D eigenvalue weighted by Crippen LogP contribution is 2.32. The second-order valence-corrected chi connectivity index (χ2v) is 13.9. The molecule has 0 aliphatic carbocycles. The summed E-state index contributed by atoms with van der Waals surface area (Å²) in [5.74, 6) is -2.59. The quantitative estimate of drug-likeness (QED) is 0.0460.